The molecule has 0 aliphatic carbocycles. The number of ether oxygens (including phenoxy) is 2. The smallest absolute Gasteiger partial charge is 0.308 e. The van der Waals surface area contributed by atoms with Gasteiger partial charge in [-0.15, -0.1) is 0 Å². The summed E-state index contributed by atoms with van der Waals surface area (Å²) >= 11 is 2.75. The van der Waals surface area contributed by atoms with Crippen LogP contribution in [0.15, 0.2) is 28.9 Å². The third kappa shape index (κ3) is 4.87. The number of methoxy groups -OCH3 is 1. The highest BCUT2D eigenvalue weighted by molar-refractivity contribution is 8.45. The van der Waals surface area contributed by atoms with E-state index in [2.05, 4.69) is 11.9 Å². The van der Waals surface area contributed by atoms with Crippen LogP contribution in [0.5, 0.6) is 11.5 Å². The Hall–Kier alpha value is -1.73. The first kappa shape index (κ1) is 17.6. The minimum Gasteiger partial charge on any atom is -0.493 e. The molecule has 0 fully saturated rings. The zero-order chi connectivity index (χ0) is 16.8. The first-order chi connectivity index (χ1) is 11.0. The number of aliphatic imine (C=N–C) groups is 1. The molecular formula is C16H17NO4S2. The van der Waals surface area contributed by atoms with Gasteiger partial charge in [-0.25, -0.2) is 4.99 Å². The molecule has 0 N–H and O–H groups in total. The summed E-state index contributed by atoms with van der Waals surface area (Å²) in [6.07, 6.45) is 2.74. The van der Waals surface area contributed by atoms with E-state index in [1.807, 2.05) is 0 Å². The second-order valence-electron chi connectivity index (χ2n) is 4.65. The van der Waals surface area contributed by atoms with E-state index in [1.54, 1.807) is 36.0 Å². The molecule has 1 heterocycles. The molecule has 2 rings (SSSR count). The molecule has 0 radical (unpaired) electrons. The molecule has 0 atom stereocenters. The van der Waals surface area contributed by atoms with Gasteiger partial charge in [0.2, 0.25) is 5.12 Å². The van der Waals surface area contributed by atoms with Crippen molar-refractivity contribution in [3.63, 3.8) is 0 Å². The van der Waals surface area contributed by atoms with E-state index in [0.717, 1.165) is 33.9 Å². The van der Waals surface area contributed by atoms with E-state index in [-0.39, 0.29) is 5.12 Å². The van der Waals surface area contributed by atoms with Gasteiger partial charge in [0.1, 0.15) is 10.1 Å². The van der Waals surface area contributed by atoms with Gasteiger partial charge in [-0.3, -0.25) is 9.59 Å². The Balaban J connectivity index is 2.23. The average molecular weight is 351 g/mol. The lowest BCUT2D eigenvalue weighted by molar-refractivity contribution is -0.132. The summed E-state index contributed by atoms with van der Waals surface area (Å²) in [5, 5.41) is -0.0633. The quantitative estimate of drug-likeness (QED) is 0.457. The van der Waals surface area contributed by atoms with Gasteiger partial charge in [0.05, 0.1) is 7.11 Å². The molecule has 0 saturated heterocycles. The van der Waals surface area contributed by atoms with Crippen LogP contribution in [0.1, 0.15) is 25.8 Å². The van der Waals surface area contributed by atoms with Crippen molar-refractivity contribution in [1.29, 1.82) is 0 Å². The van der Waals surface area contributed by atoms with Gasteiger partial charge in [-0.05, 0) is 47.7 Å². The van der Waals surface area contributed by atoms with Crippen LogP contribution in [-0.2, 0) is 9.59 Å². The summed E-state index contributed by atoms with van der Waals surface area (Å²) in [7, 11) is 1.49. The third-order valence-electron chi connectivity index (χ3n) is 2.78. The van der Waals surface area contributed by atoms with Crippen LogP contribution < -0.4 is 9.47 Å². The molecule has 0 unspecified atom stereocenters. The van der Waals surface area contributed by atoms with Crippen LogP contribution >= 0.6 is 23.5 Å². The summed E-state index contributed by atoms with van der Waals surface area (Å²) in [4.78, 5) is 27.4. The van der Waals surface area contributed by atoms with E-state index in [1.165, 1.54) is 14.0 Å². The first-order valence-electron chi connectivity index (χ1n) is 7.05. The fourth-order valence-electron chi connectivity index (χ4n) is 1.81. The van der Waals surface area contributed by atoms with Crippen LogP contribution in [0.25, 0.3) is 6.08 Å². The lowest BCUT2D eigenvalue weighted by Crippen LogP contribution is -2.03. The SMILES string of the molecule is CCCSC1=NC(=Cc2ccc(OC(C)=O)c(OC)c2)C(=O)S1. The summed E-state index contributed by atoms with van der Waals surface area (Å²) in [5.41, 5.74) is 1.17. The van der Waals surface area contributed by atoms with E-state index >= 15 is 0 Å². The Morgan fingerprint density at radius 1 is 1.39 bits per heavy atom. The molecule has 122 valence electrons. The maximum absolute atomic E-state index is 12.0. The Bertz CT molecular complexity index is 683. The number of rotatable bonds is 5. The van der Waals surface area contributed by atoms with Crippen molar-refractivity contribution < 1.29 is 19.1 Å². The number of benzene rings is 1. The highest BCUT2D eigenvalue weighted by Crippen LogP contribution is 2.33. The molecule has 0 amide bonds. The molecule has 0 spiro atoms. The molecule has 1 aromatic rings. The standard InChI is InChI=1S/C16H17NO4S2/c1-4-7-22-16-17-12(15(19)23-16)8-11-5-6-13(21-10(2)18)14(9-11)20-3/h5-6,8-9H,4,7H2,1-3H3. The van der Waals surface area contributed by atoms with Crippen molar-refractivity contribution in [2.45, 2.75) is 20.3 Å². The topological polar surface area (TPSA) is 65.0 Å². The second-order valence-corrected chi connectivity index (χ2v) is 6.95. The maximum Gasteiger partial charge on any atom is 0.308 e. The molecule has 0 bridgehead atoms. The van der Waals surface area contributed by atoms with Crippen LogP contribution in [0, 0.1) is 0 Å². The number of hydrogen-bond donors (Lipinski definition) is 0. The van der Waals surface area contributed by atoms with E-state index in [4.69, 9.17) is 9.47 Å². The van der Waals surface area contributed by atoms with Gasteiger partial charge in [0.25, 0.3) is 0 Å². The fraction of sp³-hybridized carbons (Fsp3) is 0.312. The zero-order valence-electron chi connectivity index (χ0n) is 13.1. The molecule has 0 aromatic heterocycles. The molecular weight excluding hydrogens is 334 g/mol. The van der Waals surface area contributed by atoms with Gasteiger partial charge in [0, 0.05) is 6.92 Å². The molecule has 0 saturated carbocycles. The van der Waals surface area contributed by atoms with E-state index in [0.29, 0.717) is 17.2 Å². The predicted molar refractivity (Wildman–Crippen MR) is 95.1 cm³/mol. The molecule has 1 aromatic carbocycles. The Kier molecular flexibility index (Phi) is 6.29. The van der Waals surface area contributed by atoms with Crippen molar-refractivity contribution >= 4 is 45.1 Å². The average Bonchev–Trinajstić information content (AvgIpc) is 2.86. The van der Waals surface area contributed by atoms with Crippen molar-refractivity contribution in [2.24, 2.45) is 4.99 Å². The summed E-state index contributed by atoms with van der Waals surface area (Å²) in [6, 6.07) is 5.09. The maximum atomic E-state index is 12.0. The Labute approximate surface area is 143 Å². The Morgan fingerprint density at radius 2 is 2.17 bits per heavy atom. The van der Waals surface area contributed by atoms with E-state index < -0.39 is 5.97 Å². The monoisotopic (exact) mass is 351 g/mol. The molecule has 1 aliphatic heterocycles. The van der Waals surface area contributed by atoms with Gasteiger partial charge in [-0.1, -0.05) is 24.8 Å². The molecule has 7 heteroatoms. The fourth-order valence-corrected chi connectivity index (χ4v) is 3.58. The van der Waals surface area contributed by atoms with Crippen molar-refractivity contribution in [1.82, 2.24) is 0 Å². The van der Waals surface area contributed by atoms with Crippen LogP contribution in [0.3, 0.4) is 0 Å². The van der Waals surface area contributed by atoms with Crippen LogP contribution in [-0.4, -0.2) is 28.3 Å². The first-order valence-corrected chi connectivity index (χ1v) is 8.85. The zero-order valence-corrected chi connectivity index (χ0v) is 14.8. The number of thioether (sulfide) groups is 2. The van der Waals surface area contributed by atoms with Crippen molar-refractivity contribution in [2.75, 3.05) is 12.9 Å². The van der Waals surface area contributed by atoms with Gasteiger partial charge in [-0.2, -0.15) is 0 Å². The van der Waals surface area contributed by atoms with Crippen molar-refractivity contribution in [3.8, 4) is 11.5 Å². The normalized spacial score (nSPS) is 15.7. The minimum atomic E-state index is -0.418. The lowest BCUT2D eigenvalue weighted by atomic mass is 10.1. The van der Waals surface area contributed by atoms with Crippen LogP contribution in [0.4, 0.5) is 0 Å². The molecule has 23 heavy (non-hydrogen) atoms. The highest BCUT2D eigenvalue weighted by Gasteiger charge is 2.22. The highest BCUT2D eigenvalue weighted by atomic mass is 32.2. The summed E-state index contributed by atoms with van der Waals surface area (Å²) in [5.74, 6) is 1.30. The van der Waals surface area contributed by atoms with Gasteiger partial charge in [0.15, 0.2) is 11.5 Å². The summed E-state index contributed by atoms with van der Waals surface area (Å²) < 4.78 is 11.1. The van der Waals surface area contributed by atoms with E-state index in [9.17, 15) is 9.59 Å². The lowest BCUT2D eigenvalue weighted by Gasteiger charge is -2.08. The molecule has 5 nitrogen and oxygen atoms in total. The minimum absolute atomic E-state index is 0.0633. The number of hydrogen-bond acceptors (Lipinski definition) is 7. The number of carbonyl (C=O) groups excluding carboxylic acids is 2. The predicted octanol–water partition coefficient (Wildman–Crippen LogP) is 3.73. The third-order valence-corrected chi connectivity index (χ3v) is 4.99. The molecule has 1 aliphatic rings. The van der Waals surface area contributed by atoms with Gasteiger partial charge < -0.3 is 9.47 Å². The second kappa shape index (κ2) is 8.21. The largest absolute Gasteiger partial charge is 0.493 e. The number of carbonyl (C=O) groups is 2. The Morgan fingerprint density at radius 3 is 2.83 bits per heavy atom. The summed E-state index contributed by atoms with van der Waals surface area (Å²) in [6.45, 7) is 3.41. The van der Waals surface area contributed by atoms with Gasteiger partial charge >= 0.3 is 5.97 Å². The van der Waals surface area contributed by atoms with Crippen molar-refractivity contribution in [3.05, 3.63) is 29.5 Å². The number of esters is 1. The van der Waals surface area contributed by atoms with Crippen LogP contribution in [0.2, 0.25) is 0 Å². The number of nitrogens with zero attached hydrogens (tertiary/aromatic N) is 1.